The fraction of sp³-hybridized carbons (Fsp3) is 0.364. The highest BCUT2D eigenvalue weighted by Gasteiger charge is 2.29. The van der Waals surface area contributed by atoms with Gasteiger partial charge in [-0.2, -0.15) is 9.40 Å². The first-order valence-corrected chi connectivity index (χ1v) is 11.7. The smallest absolute Gasteiger partial charge is 0.273 e. The number of hydrogen-bond acceptors (Lipinski definition) is 4. The molecule has 1 saturated heterocycles. The summed E-state index contributed by atoms with van der Waals surface area (Å²) in [5, 5.41) is 7.41. The van der Waals surface area contributed by atoms with Gasteiger partial charge in [0.05, 0.1) is 11.4 Å². The third kappa shape index (κ3) is 4.15. The second kappa shape index (κ2) is 7.97. The standard InChI is InChI=1S/C22H27N5O3S/c1-15-9-16(2)11-18(10-15)27-21(12-17(3)24-27)23-22(28)20-13-19(14-25(20)4)31(29,30)26-7-5-6-8-26/h9-14H,5-8H2,1-4H3,(H,23,28). The van der Waals surface area contributed by atoms with E-state index in [0.29, 0.717) is 18.9 Å². The molecule has 1 aromatic carbocycles. The van der Waals surface area contributed by atoms with Gasteiger partial charge in [-0.15, -0.1) is 0 Å². The Morgan fingerprint density at radius 2 is 1.65 bits per heavy atom. The lowest BCUT2D eigenvalue weighted by Crippen LogP contribution is -2.27. The van der Waals surface area contributed by atoms with Crippen LogP contribution in [-0.2, 0) is 17.1 Å². The fourth-order valence-corrected chi connectivity index (χ4v) is 5.61. The van der Waals surface area contributed by atoms with Crippen molar-refractivity contribution in [2.24, 2.45) is 7.05 Å². The van der Waals surface area contributed by atoms with Crippen LogP contribution in [0.15, 0.2) is 41.4 Å². The minimum atomic E-state index is -3.59. The van der Waals surface area contributed by atoms with Gasteiger partial charge in [-0.1, -0.05) is 6.07 Å². The van der Waals surface area contributed by atoms with Crippen molar-refractivity contribution in [2.75, 3.05) is 18.4 Å². The first kappa shape index (κ1) is 21.3. The van der Waals surface area contributed by atoms with Gasteiger partial charge in [0.15, 0.2) is 0 Å². The van der Waals surface area contributed by atoms with E-state index in [9.17, 15) is 13.2 Å². The SMILES string of the molecule is Cc1cc(C)cc(-n2nc(C)cc2NC(=O)c2cc(S(=O)(=O)N3CCCC3)cn2C)c1. The summed E-state index contributed by atoms with van der Waals surface area (Å²) in [6.07, 6.45) is 3.22. The number of hydrogen-bond donors (Lipinski definition) is 1. The molecular weight excluding hydrogens is 414 g/mol. The zero-order valence-electron chi connectivity index (χ0n) is 18.2. The van der Waals surface area contributed by atoms with Crippen molar-refractivity contribution in [3.63, 3.8) is 0 Å². The summed E-state index contributed by atoms with van der Waals surface area (Å²) in [5.74, 6) is 0.133. The number of aromatic nitrogens is 3. The minimum absolute atomic E-state index is 0.140. The molecule has 0 radical (unpaired) electrons. The maximum Gasteiger partial charge on any atom is 0.273 e. The van der Waals surface area contributed by atoms with Crippen LogP contribution in [0.1, 0.15) is 40.2 Å². The van der Waals surface area contributed by atoms with Crippen LogP contribution >= 0.6 is 0 Å². The van der Waals surface area contributed by atoms with Crippen LogP contribution in [0.3, 0.4) is 0 Å². The Morgan fingerprint density at radius 3 is 2.29 bits per heavy atom. The van der Waals surface area contributed by atoms with Gasteiger partial charge in [-0.25, -0.2) is 13.1 Å². The highest BCUT2D eigenvalue weighted by Crippen LogP contribution is 2.24. The van der Waals surface area contributed by atoms with Gasteiger partial charge in [0, 0.05) is 32.4 Å². The molecule has 3 aromatic rings. The Bertz CT molecular complexity index is 1230. The van der Waals surface area contributed by atoms with Crippen molar-refractivity contribution in [3.05, 3.63) is 59.0 Å². The summed E-state index contributed by atoms with van der Waals surface area (Å²) < 4.78 is 30.4. The van der Waals surface area contributed by atoms with Gasteiger partial charge >= 0.3 is 0 Å². The number of amides is 1. The van der Waals surface area contributed by atoms with Crippen LogP contribution < -0.4 is 5.32 Å². The van der Waals surface area contributed by atoms with Crippen molar-refractivity contribution in [2.45, 2.75) is 38.5 Å². The Labute approximate surface area is 182 Å². The molecule has 164 valence electrons. The number of nitrogens with one attached hydrogen (secondary N) is 1. The molecule has 0 saturated carbocycles. The lowest BCUT2D eigenvalue weighted by molar-refractivity contribution is 0.101. The van der Waals surface area contributed by atoms with Gasteiger partial charge in [0.1, 0.15) is 16.4 Å². The first-order valence-electron chi connectivity index (χ1n) is 10.3. The molecular formula is C22H27N5O3S. The maximum absolute atomic E-state index is 13.0. The van der Waals surface area contributed by atoms with Crippen LogP contribution in [0.25, 0.3) is 5.69 Å². The Morgan fingerprint density at radius 1 is 1.00 bits per heavy atom. The highest BCUT2D eigenvalue weighted by atomic mass is 32.2. The van der Waals surface area contributed by atoms with Gasteiger partial charge in [0.25, 0.3) is 5.91 Å². The molecule has 1 aliphatic heterocycles. The quantitative estimate of drug-likeness (QED) is 0.659. The van der Waals surface area contributed by atoms with E-state index < -0.39 is 15.9 Å². The van der Waals surface area contributed by atoms with E-state index >= 15 is 0 Å². The van der Waals surface area contributed by atoms with Crippen molar-refractivity contribution in [1.29, 1.82) is 0 Å². The molecule has 1 fully saturated rings. The van der Waals surface area contributed by atoms with Crippen LogP contribution in [-0.4, -0.2) is 46.1 Å². The predicted molar refractivity (Wildman–Crippen MR) is 119 cm³/mol. The third-order valence-corrected chi connectivity index (χ3v) is 7.30. The molecule has 1 aliphatic rings. The van der Waals surface area contributed by atoms with Crippen LogP contribution in [0.4, 0.5) is 5.82 Å². The van der Waals surface area contributed by atoms with Gasteiger partial charge in [-0.3, -0.25) is 4.79 Å². The lowest BCUT2D eigenvalue weighted by Gasteiger charge is -2.13. The summed E-state index contributed by atoms with van der Waals surface area (Å²) in [5.41, 5.74) is 4.08. The molecule has 0 aliphatic carbocycles. The van der Waals surface area contributed by atoms with Crippen molar-refractivity contribution >= 4 is 21.7 Å². The average molecular weight is 442 g/mol. The number of sulfonamides is 1. The van der Waals surface area contributed by atoms with Gasteiger partial charge in [-0.05, 0) is 62.9 Å². The molecule has 0 unspecified atom stereocenters. The largest absolute Gasteiger partial charge is 0.345 e. The molecule has 1 amide bonds. The highest BCUT2D eigenvalue weighted by molar-refractivity contribution is 7.89. The summed E-state index contributed by atoms with van der Waals surface area (Å²) in [4.78, 5) is 13.2. The fourth-order valence-electron chi connectivity index (χ4n) is 4.02. The zero-order valence-corrected chi connectivity index (χ0v) is 19.0. The minimum Gasteiger partial charge on any atom is -0.345 e. The topological polar surface area (TPSA) is 89.2 Å². The molecule has 9 heteroatoms. The Hall–Kier alpha value is -2.91. The number of anilines is 1. The molecule has 2 aromatic heterocycles. The molecule has 0 bridgehead atoms. The molecule has 1 N–H and O–H groups in total. The zero-order chi connectivity index (χ0) is 22.3. The van der Waals surface area contributed by atoms with Gasteiger partial charge < -0.3 is 9.88 Å². The Balaban J connectivity index is 1.63. The number of rotatable bonds is 5. The predicted octanol–water partition coefficient (Wildman–Crippen LogP) is 3.17. The molecule has 0 atom stereocenters. The molecule has 3 heterocycles. The molecule has 4 rings (SSSR count). The second-order valence-corrected chi connectivity index (χ2v) is 10.1. The van der Waals surface area contributed by atoms with E-state index in [1.165, 1.54) is 16.6 Å². The average Bonchev–Trinajstić information content (AvgIpc) is 3.41. The van der Waals surface area contributed by atoms with Crippen LogP contribution in [0, 0.1) is 20.8 Å². The molecule has 0 spiro atoms. The van der Waals surface area contributed by atoms with Crippen molar-refractivity contribution in [1.82, 2.24) is 18.7 Å². The van der Waals surface area contributed by atoms with Gasteiger partial charge in [0.2, 0.25) is 10.0 Å². The lowest BCUT2D eigenvalue weighted by atomic mass is 10.1. The number of carbonyl (C=O) groups is 1. The number of aryl methyl sites for hydroxylation is 4. The summed E-state index contributed by atoms with van der Waals surface area (Å²) >= 11 is 0. The van der Waals surface area contributed by atoms with Crippen LogP contribution in [0.5, 0.6) is 0 Å². The molecule has 8 nitrogen and oxygen atoms in total. The monoisotopic (exact) mass is 441 g/mol. The first-order chi connectivity index (χ1) is 14.6. The summed E-state index contributed by atoms with van der Waals surface area (Å²) in [6, 6.07) is 9.30. The number of carbonyl (C=O) groups excluding carboxylic acids is 1. The maximum atomic E-state index is 13.0. The van der Waals surface area contributed by atoms with Crippen LogP contribution in [0.2, 0.25) is 0 Å². The summed E-state index contributed by atoms with van der Waals surface area (Å²) in [7, 11) is -1.92. The van der Waals surface area contributed by atoms with E-state index in [1.54, 1.807) is 22.4 Å². The summed E-state index contributed by atoms with van der Waals surface area (Å²) in [6.45, 7) is 6.92. The second-order valence-electron chi connectivity index (χ2n) is 8.17. The Kier molecular flexibility index (Phi) is 5.49. The normalized spacial score (nSPS) is 14.8. The van der Waals surface area contributed by atoms with Crippen molar-refractivity contribution in [3.8, 4) is 5.69 Å². The number of nitrogens with zero attached hydrogens (tertiary/aromatic N) is 4. The number of benzene rings is 1. The third-order valence-electron chi connectivity index (χ3n) is 5.44. The van der Waals surface area contributed by atoms with E-state index in [1.807, 2.05) is 32.9 Å². The van der Waals surface area contributed by atoms with E-state index in [2.05, 4.69) is 16.5 Å². The van der Waals surface area contributed by atoms with E-state index in [-0.39, 0.29) is 10.6 Å². The molecule has 31 heavy (non-hydrogen) atoms. The van der Waals surface area contributed by atoms with E-state index in [0.717, 1.165) is 35.3 Å². The van der Waals surface area contributed by atoms with E-state index in [4.69, 9.17) is 0 Å². The van der Waals surface area contributed by atoms with Crippen molar-refractivity contribution < 1.29 is 13.2 Å².